The summed E-state index contributed by atoms with van der Waals surface area (Å²) < 4.78 is 6.71. The number of nitrogens with zero attached hydrogens (tertiary/aromatic N) is 1. The minimum Gasteiger partial charge on any atom is -0.421 e. The maximum atomic E-state index is 11.9. The summed E-state index contributed by atoms with van der Waals surface area (Å²) in [6.45, 7) is 0. The lowest BCUT2D eigenvalue weighted by atomic mass is 10.3. The van der Waals surface area contributed by atoms with Gasteiger partial charge in [0.15, 0.2) is 0 Å². The van der Waals surface area contributed by atoms with Crippen LogP contribution in [0, 0.1) is 0 Å². The van der Waals surface area contributed by atoms with Gasteiger partial charge in [-0.15, -0.1) is 0 Å². The molecular formula is C12H6Br2ClNO2. The number of carbonyl (C=O) groups excluding carboxylic acids is 1. The molecule has 0 atom stereocenters. The monoisotopic (exact) mass is 389 g/mol. The van der Waals surface area contributed by atoms with Gasteiger partial charge in [-0.05, 0) is 40.2 Å². The van der Waals surface area contributed by atoms with Crippen LogP contribution in [0.1, 0.15) is 10.4 Å². The van der Waals surface area contributed by atoms with Crippen LogP contribution >= 0.6 is 43.5 Å². The smallest absolute Gasteiger partial charge is 0.345 e. The fraction of sp³-hybridized carbons (Fsp3) is 0. The zero-order valence-electron chi connectivity index (χ0n) is 8.86. The van der Waals surface area contributed by atoms with Crippen molar-refractivity contribution in [2.45, 2.75) is 0 Å². The van der Waals surface area contributed by atoms with Crippen molar-refractivity contribution in [1.29, 1.82) is 0 Å². The molecule has 0 bridgehead atoms. The Morgan fingerprint density at radius 2 is 1.94 bits per heavy atom. The Morgan fingerprint density at radius 1 is 1.17 bits per heavy atom. The lowest BCUT2D eigenvalue weighted by molar-refractivity contribution is 0.0734. The van der Waals surface area contributed by atoms with Gasteiger partial charge >= 0.3 is 5.97 Å². The molecule has 0 saturated carbocycles. The van der Waals surface area contributed by atoms with E-state index in [0.717, 1.165) is 4.47 Å². The number of pyridine rings is 1. The molecule has 0 unspecified atom stereocenters. The van der Waals surface area contributed by atoms with Crippen molar-refractivity contribution in [2.75, 3.05) is 0 Å². The van der Waals surface area contributed by atoms with E-state index in [1.54, 1.807) is 30.5 Å². The molecule has 0 fully saturated rings. The second-order valence-electron chi connectivity index (χ2n) is 3.36. The van der Waals surface area contributed by atoms with Crippen LogP contribution < -0.4 is 4.74 Å². The summed E-state index contributed by atoms with van der Waals surface area (Å²) in [6, 6.07) is 6.65. The highest BCUT2D eigenvalue weighted by atomic mass is 79.9. The predicted octanol–water partition coefficient (Wildman–Crippen LogP) is 4.48. The molecular weight excluding hydrogens is 385 g/mol. The van der Waals surface area contributed by atoms with Gasteiger partial charge in [0, 0.05) is 21.3 Å². The second-order valence-corrected chi connectivity index (χ2v) is 5.59. The summed E-state index contributed by atoms with van der Waals surface area (Å²) in [5.41, 5.74) is 0.350. The highest BCUT2D eigenvalue weighted by molar-refractivity contribution is 9.10. The third kappa shape index (κ3) is 3.31. The van der Waals surface area contributed by atoms with E-state index in [9.17, 15) is 4.79 Å². The van der Waals surface area contributed by atoms with Crippen molar-refractivity contribution in [3.8, 4) is 5.75 Å². The molecule has 1 aromatic heterocycles. The summed E-state index contributed by atoms with van der Waals surface area (Å²) >= 11 is 12.5. The van der Waals surface area contributed by atoms with Crippen molar-refractivity contribution < 1.29 is 9.53 Å². The molecule has 0 saturated heterocycles. The average molecular weight is 391 g/mol. The lowest BCUT2D eigenvalue weighted by Crippen LogP contribution is -2.09. The third-order valence-electron chi connectivity index (χ3n) is 2.04. The minimum absolute atomic E-state index is 0.310. The number of rotatable bonds is 2. The predicted molar refractivity (Wildman–Crippen MR) is 76.0 cm³/mol. The van der Waals surface area contributed by atoms with E-state index < -0.39 is 5.97 Å². The van der Waals surface area contributed by atoms with E-state index >= 15 is 0 Å². The van der Waals surface area contributed by atoms with Gasteiger partial charge in [0.25, 0.3) is 0 Å². The largest absolute Gasteiger partial charge is 0.421 e. The summed E-state index contributed by atoms with van der Waals surface area (Å²) in [5.74, 6) is -0.196. The summed E-state index contributed by atoms with van der Waals surface area (Å²) in [4.78, 5) is 15.7. The number of halogens is 3. The molecule has 92 valence electrons. The molecule has 0 radical (unpaired) electrons. The van der Waals surface area contributed by atoms with Crippen LogP contribution in [0.2, 0.25) is 5.02 Å². The van der Waals surface area contributed by atoms with Crippen LogP contribution in [0.25, 0.3) is 0 Å². The number of esters is 1. The van der Waals surface area contributed by atoms with Crippen LogP contribution in [-0.4, -0.2) is 11.0 Å². The number of aromatic nitrogens is 1. The maximum Gasteiger partial charge on any atom is 0.345 e. The first-order chi connectivity index (χ1) is 8.56. The molecule has 6 heteroatoms. The Balaban J connectivity index is 2.21. The Labute approximate surface area is 125 Å². The quantitative estimate of drug-likeness (QED) is 0.560. The number of benzene rings is 1. The maximum absolute atomic E-state index is 11.9. The van der Waals surface area contributed by atoms with Gasteiger partial charge in [-0.3, -0.25) is 4.98 Å². The fourth-order valence-corrected chi connectivity index (χ4v) is 2.32. The van der Waals surface area contributed by atoms with Gasteiger partial charge in [-0.2, -0.15) is 0 Å². The van der Waals surface area contributed by atoms with Crippen LogP contribution in [0.15, 0.2) is 45.6 Å². The molecule has 0 aliphatic heterocycles. The first kappa shape index (κ1) is 13.5. The topological polar surface area (TPSA) is 39.2 Å². The molecule has 3 nitrogen and oxygen atoms in total. The molecule has 0 aliphatic rings. The molecule has 2 aromatic rings. The highest BCUT2D eigenvalue weighted by Crippen LogP contribution is 2.28. The first-order valence-electron chi connectivity index (χ1n) is 4.84. The molecule has 0 amide bonds. The minimum atomic E-state index is -0.506. The number of hydrogen-bond acceptors (Lipinski definition) is 3. The first-order valence-corrected chi connectivity index (χ1v) is 6.80. The number of carbonyl (C=O) groups is 1. The van der Waals surface area contributed by atoms with Crippen LogP contribution in [0.3, 0.4) is 0 Å². The van der Waals surface area contributed by atoms with E-state index in [1.165, 1.54) is 6.20 Å². The van der Waals surface area contributed by atoms with Gasteiger partial charge < -0.3 is 4.74 Å². The highest BCUT2D eigenvalue weighted by Gasteiger charge is 2.12. The van der Waals surface area contributed by atoms with E-state index in [0.29, 0.717) is 20.8 Å². The number of ether oxygens (including phenoxy) is 1. The van der Waals surface area contributed by atoms with Gasteiger partial charge in [0.2, 0.25) is 0 Å². The zero-order valence-corrected chi connectivity index (χ0v) is 12.8. The Kier molecular flexibility index (Phi) is 4.37. The van der Waals surface area contributed by atoms with Gasteiger partial charge in [-0.25, -0.2) is 4.79 Å². The van der Waals surface area contributed by atoms with Crippen molar-refractivity contribution in [3.05, 3.63) is 56.2 Å². The summed E-state index contributed by atoms with van der Waals surface area (Å²) in [5, 5.41) is 0.362. The SMILES string of the molecule is O=C(Oc1ccc(Br)cc1Cl)c1cncc(Br)c1. The van der Waals surface area contributed by atoms with Crippen molar-refractivity contribution in [1.82, 2.24) is 4.98 Å². The van der Waals surface area contributed by atoms with E-state index in [2.05, 4.69) is 36.8 Å². The molecule has 1 aromatic carbocycles. The van der Waals surface area contributed by atoms with E-state index in [1.807, 2.05) is 0 Å². The lowest BCUT2D eigenvalue weighted by Gasteiger charge is -2.06. The van der Waals surface area contributed by atoms with Gasteiger partial charge in [0.05, 0.1) is 10.6 Å². The molecule has 0 aliphatic carbocycles. The Bertz CT molecular complexity index is 604. The standard InChI is InChI=1S/C12H6Br2ClNO2/c13-8-1-2-11(10(15)4-8)18-12(17)7-3-9(14)6-16-5-7/h1-6H. The summed E-state index contributed by atoms with van der Waals surface area (Å²) in [7, 11) is 0. The normalized spacial score (nSPS) is 10.2. The molecule has 2 rings (SSSR count). The zero-order chi connectivity index (χ0) is 13.1. The average Bonchev–Trinajstić information content (AvgIpc) is 2.32. The molecule has 1 heterocycles. The van der Waals surface area contributed by atoms with Crippen LogP contribution in [-0.2, 0) is 0 Å². The van der Waals surface area contributed by atoms with Crippen molar-refractivity contribution in [2.24, 2.45) is 0 Å². The molecule has 18 heavy (non-hydrogen) atoms. The Hall–Kier alpha value is -0.910. The van der Waals surface area contributed by atoms with Crippen molar-refractivity contribution in [3.63, 3.8) is 0 Å². The van der Waals surface area contributed by atoms with E-state index in [-0.39, 0.29) is 0 Å². The Morgan fingerprint density at radius 3 is 2.61 bits per heavy atom. The molecule has 0 spiro atoms. The van der Waals surface area contributed by atoms with Crippen LogP contribution in [0.5, 0.6) is 5.75 Å². The second kappa shape index (κ2) is 5.82. The van der Waals surface area contributed by atoms with Gasteiger partial charge in [-0.1, -0.05) is 27.5 Å². The third-order valence-corrected chi connectivity index (χ3v) is 3.26. The fourth-order valence-electron chi connectivity index (χ4n) is 1.24. The summed E-state index contributed by atoms with van der Waals surface area (Å²) in [6.07, 6.45) is 3.02. The van der Waals surface area contributed by atoms with Crippen LogP contribution in [0.4, 0.5) is 0 Å². The number of hydrogen-bond donors (Lipinski definition) is 0. The molecule has 0 N–H and O–H groups in total. The van der Waals surface area contributed by atoms with Gasteiger partial charge in [0.1, 0.15) is 5.75 Å². The van der Waals surface area contributed by atoms with E-state index in [4.69, 9.17) is 16.3 Å². The van der Waals surface area contributed by atoms with Crippen molar-refractivity contribution >= 4 is 49.4 Å².